The highest BCUT2D eigenvalue weighted by Gasteiger charge is 2.23. The van der Waals surface area contributed by atoms with E-state index in [2.05, 4.69) is 6.92 Å². The Morgan fingerprint density at radius 2 is 2.00 bits per heavy atom. The first-order valence-electron chi connectivity index (χ1n) is 9.01. The summed E-state index contributed by atoms with van der Waals surface area (Å²) in [4.78, 5) is 13.1. The van der Waals surface area contributed by atoms with Gasteiger partial charge in [0.25, 0.3) is 0 Å². The lowest BCUT2D eigenvalue weighted by Crippen LogP contribution is -2.04. The van der Waals surface area contributed by atoms with Crippen LogP contribution in [0.2, 0.25) is 0 Å². The summed E-state index contributed by atoms with van der Waals surface area (Å²) in [6.07, 6.45) is 1.93. The maximum absolute atomic E-state index is 12.1. The van der Waals surface area contributed by atoms with E-state index < -0.39 is 5.97 Å². The van der Waals surface area contributed by atoms with Gasteiger partial charge in [-0.2, -0.15) is 0 Å². The van der Waals surface area contributed by atoms with Crippen LogP contribution in [0.25, 0.3) is 21.9 Å². The van der Waals surface area contributed by atoms with Crippen LogP contribution in [-0.2, 0) is 0 Å². The Labute approximate surface area is 162 Å². The number of fused-ring (bicyclic) bond motifs is 2. The molecule has 138 valence electrons. The number of carboxylic acids is 1. The molecule has 4 rings (SSSR count). The van der Waals surface area contributed by atoms with Gasteiger partial charge in [0.15, 0.2) is 0 Å². The van der Waals surface area contributed by atoms with Crippen molar-refractivity contribution in [1.29, 1.82) is 0 Å². The summed E-state index contributed by atoms with van der Waals surface area (Å²) in [6, 6.07) is 15.3. The number of hydrogen-bond acceptors (Lipinski definition) is 4. The summed E-state index contributed by atoms with van der Waals surface area (Å²) < 4.78 is 11.7. The van der Waals surface area contributed by atoms with Crippen LogP contribution in [0.5, 0.6) is 11.5 Å². The summed E-state index contributed by atoms with van der Waals surface area (Å²) in [5, 5.41) is 11.7. The van der Waals surface area contributed by atoms with E-state index in [4.69, 9.17) is 9.47 Å². The highest BCUT2D eigenvalue weighted by molar-refractivity contribution is 7.99. The minimum Gasteiger partial charge on any atom is -0.493 e. The normalized spacial score (nSPS) is 12.6. The summed E-state index contributed by atoms with van der Waals surface area (Å²) >= 11 is 1.62. The topological polar surface area (TPSA) is 55.8 Å². The molecule has 1 heterocycles. The molecule has 0 aliphatic carbocycles. The molecule has 0 radical (unpaired) electrons. The van der Waals surface area contributed by atoms with E-state index in [1.54, 1.807) is 17.8 Å². The lowest BCUT2D eigenvalue weighted by molar-refractivity contribution is 0.0697. The summed E-state index contributed by atoms with van der Waals surface area (Å²) in [5.41, 5.74) is 1.85. The van der Waals surface area contributed by atoms with Crippen molar-refractivity contribution >= 4 is 28.5 Å². The summed E-state index contributed by atoms with van der Waals surface area (Å²) in [5.74, 6) is 1.04. The third kappa shape index (κ3) is 3.35. The molecule has 0 unspecified atom stereocenters. The fourth-order valence-electron chi connectivity index (χ4n) is 3.31. The van der Waals surface area contributed by atoms with Crippen LogP contribution in [0.4, 0.5) is 0 Å². The number of benzene rings is 3. The van der Waals surface area contributed by atoms with Gasteiger partial charge in [0.2, 0.25) is 0 Å². The second kappa shape index (κ2) is 7.53. The third-order valence-electron chi connectivity index (χ3n) is 4.64. The molecule has 0 spiro atoms. The van der Waals surface area contributed by atoms with Gasteiger partial charge >= 0.3 is 5.97 Å². The molecule has 0 aromatic heterocycles. The zero-order valence-electron chi connectivity index (χ0n) is 15.0. The van der Waals surface area contributed by atoms with Gasteiger partial charge in [-0.15, -0.1) is 0 Å². The molecule has 0 atom stereocenters. The molecule has 0 saturated heterocycles. The average molecular weight is 380 g/mol. The Morgan fingerprint density at radius 1 is 1.19 bits per heavy atom. The molecule has 3 aromatic rings. The first-order valence-corrected chi connectivity index (χ1v) is 9.99. The highest BCUT2D eigenvalue weighted by atomic mass is 32.2. The van der Waals surface area contributed by atoms with Gasteiger partial charge in [0, 0.05) is 10.9 Å². The van der Waals surface area contributed by atoms with E-state index in [9.17, 15) is 9.90 Å². The molecule has 1 aliphatic heterocycles. The molecule has 0 bridgehead atoms. The number of carboxylic acid groups (broad SMARTS) is 1. The first-order chi connectivity index (χ1) is 13.2. The number of hydrogen-bond donors (Lipinski definition) is 1. The highest BCUT2D eigenvalue weighted by Crippen LogP contribution is 2.45. The van der Waals surface area contributed by atoms with E-state index in [0.29, 0.717) is 18.3 Å². The lowest BCUT2D eigenvalue weighted by Gasteiger charge is -2.16. The van der Waals surface area contributed by atoms with E-state index in [1.807, 2.05) is 42.5 Å². The number of aromatic carboxylic acids is 1. The molecule has 4 nitrogen and oxygen atoms in total. The van der Waals surface area contributed by atoms with Crippen molar-refractivity contribution in [1.82, 2.24) is 0 Å². The molecule has 3 aromatic carbocycles. The summed E-state index contributed by atoms with van der Waals surface area (Å²) in [7, 11) is 0. The van der Waals surface area contributed by atoms with E-state index in [-0.39, 0.29) is 5.56 Å². The Bertz CT molecular complexity index is 998. The van der Waals surface area contributed by atoms with E-state index in [0.717, 1.165) is 45.4 Å². The largest absolute Gasteiger partial charge is 0.493 e. The lowest BCUT2D eigenvalue weighted by atomic mass is 9.92. The van der Waals surface area contributed by atoms with Crippen molar-refractivity contribution in [2.75, 3.05) is 12.5 Å². The number of thioether (sulfide) groups is 1. The van der Waals surface area contributed by atoms with Crippen LogP contribution in [0, 0.1) is 0 Å². The Morgan fingerprint density at radius 3 is 2.74 bits per heavy atom. The van der Waals surface area contributed by atoms with Crippen molar-refractivity contribution < 1.29 is 19.4 Å². The second-order valence-corrected chi connectivity index (χ2v) is 7.39. The fraction of sp³-hybridized carbons (Fsp3) is 0.227. The van der Waals surface area contributed by atoms with Crippen LogP contribution in [0.3, 0.4) is 0 Å². The zero-order valence-corrected chi connectivity index (χ0v) is 15.8. The number of unbranched alkanes of at least 4 members (excludes halogenated alkanes) is 1. The predicted molar refractivity (Wildman–Crippen MR) is 108 cm³/mol. The van der Waals surface area contributed by atoms with Crippen molar-refractivity contribution in [3.05, 3.63) is 54.1 Å². The zero-order chi connectivity index (χ0) is 18.8. The molecule has 0 amide bonds. The van der Waals surface area contributed by atoms with E-state index >= 15 is 0 Å². The minimum atomic E-state index is -0.958. The third-order valence-corrected chi connectivity index (χ3v) is 5.51. The standard InChI is InChI=1S/C22H20O4S/c1-2-3-9-25-18-11-17(22(23)24)21(14-7-5-4-6-8-14)16-12-20-19(10-15(16)18)26-13-27-20/h4-8,10-12H,2-3,9,13H2,1H3,(H,23,24). The molecular formula is C22H20O4S. The quantitative estimate of drug-likeness (QED) is 0.546. The van der Waals surface area contributed by atoms with Crippen molar-refractivity contribution in [2.24, 2.45) is 0 Å². The molecule has 5 heteroatoms. The van der Waals surface area contributed by atoms with Crippen LogP contribution in [0.15, 0.2) is 53.4 Å². The van der Waals surface area contributed by atoms with Gasteiger partial charge in [-0.25, -0.2) is 4.79 Å². The van der Waals surface area contributed by atoms with Gasteiger partial charge in [-0.3, -0.25) is 0 Å². The van der Waals surface area contributed by atoms with Gasteiger partial charge in [-0.1, -0.05) is 55.4 Å². The Kier molecular flexibility index (Phi) is 4.94. The molecule has 1 aliphatic rings. The van der Waals surface area contributed by atoms with Crippen molar-refractivity contribution in [3.8, 4) is 22.6 Å². The van der Waals surface area contributed by atoms with Crippen LogP contribution < -0.4 is 9.47 Å². The SMILES string of the molecule is CCCCOc1cc(C(=O)O)c(-c2ccccc2)c2cc3c(cc12)OCS3. The minimum absolute atomic E-state index is 0.254. The van der Waals surface area contributed by atoms with Gasteiger partial charge < -0.3 is 14.6 Å². The van der Waals surface area contributed by atoms with Crippen molar-refractivity contribution in [2.45, 2.75) is 24.7 Å². The van der Waals surface area contributed by atoms with Gasteiger partial charge in [0.05, 0.1) is 17.1 Å². The van der Waals surface area contributed by atoms with E-state index in [1.165, 1.54) is 0 Å². The molecule has 27 heavy (non-hydrogen) atoms. The molecule has 1 N–H and O–H groups in total. The smallest absolute Gasteiger partial charge is 0.336 e. The molecular weight excluding hydrogens is 360 g/mol. The average Bonchev–Trinajstić information content (AvgIpc) is 3.14. The number of rotatable bonds is 6. The van der Waals surface area contributed by atoms with Crippen molar-refractivity contribution in [3.63, 3.8) is 0 Å². The van der Waals surface area contributed by atoms with Crippen LogP contribution in [0.1, 0.15) is 30.1 Å². The van der Waals surface area contributed by atoms with Crippen LogP contribution >= 0.6 is 11.8 Å². The number of carbonyl (C=O) groups is 1. The second-order valence-electron chi connectivity index (χ2n) is 6.42. The predicted octanol–water partition coefficient (Wildman–Crippen LogP) is 5.83. The van der Waals surface area contributed by atoms with Crippen LogP contribution in [-0.4, -0.2) is 23.6 Å². The monoisotopic (exact) mass is 380 g/mol. The Balaban J connectivity index is 2.01. The molecule has 0 saturated carbocycles. The maximum atomic E-state index is 12.1. The Hall–Kier alpha value is -2.66. The number of ether oxygens (including phenoxy) is 2. The maximum Gasteiger partial charge on any atom is 0.336 e. The molecule has 0 fully saturated rings. The van der Waals surface area contributed by atoms with Gasteiger partial charge in [-0.05, 0) is 35.6 Å². The van der Waals surface area contributed by atoms with Gasteiger partial charge in [0.1, 0.15) is 17.4 Å². The summed E-state index contributed by atoms with van der Waals surface area (Å²) in [6.45, 7) is 2.66. The first kappa shape index (κ1) is 17.7. The fourth-order valence-corrected chi connectivity index (χ4v) is 4.08.